The lowest BCUT2D eigenvalue weighted by atomic mass is 10.2. The quantitative estimate of drug-likeness (QED) is 0.749. The van der Waals surface area contributed by atoms with Crippen LogP contribution in [-0.2, 0) is 6.54 Å². The van der Waals surface area contributed by atoms with Crippen LogP contribution >= 0.6 is 0 Å². The Morgan fingerprint density at radius 2 is 2.13 bits per heavy atom. The van der Waals surface area contributed by atoms with Crippen LogP contribution in [-0.4, -0.2) is 27.3 Å². The van der Waals surface area contributed by atoms with E-state index in [9.17, 15) is 0 Å². The van der Waals surface area contributed by atoms with Gasteiger partial charge >= 0.3 is 0 Å². The van der Waals surface area contributed by atoms with Crippen molar-refractivity contribution < 1.29 is 4.74 Å². The Hall–Kier alpha value is -1.91. The summed E-state index contributed by atoms with van der Waals surface area (Å²) in [5, 5.41) is 11.3. The highest BCUT2D eigenvalue weighted by molar-refractivity contribution is 5.33. The van der Waals surface area contributed by atoms with Crippen molar-refractivity contribution in [2.75, 3.05) is 7.11 Å². The summed E-state index contributed by atoms with van der Waals surface area (Å²) < 4.78 is 6.99. The second-order valence-corrected chi connectivity index (χ2v) is 3.20. The van der Waals surface area contributed by atoms with Crippen LogP contribution < -0.4 is 4.74 Å². The number of rotatable bonds is 3. The van der Waals surface area contributed by atoms with E-state index in [1.165, 1.54) is 0 Å². The van der Waals surface area contributed by atoms with Gasteiger partial charge < -0.3 is 4.74 Å². The van der Waals surface area contributed by atoms with E-state index in [-0.39, 0.29) is 0 Å². The van der Waals surface area contributed by atoms with Crippen LogP contribution in [0.3, 0.4) is 0 Å². The highest BCUT2D eigenvalue weighted by Gasteiger charge is 2.05. The molecule has 0 unspecified atom stereocenters. The summed E-state index contributed by atoms with van der Waals surface area (Å²) in [6, 6.07) is 7.83. The molecule has 0 atom stereocenters. The molecular formula is C10H12N4O. The monoisotopic (exact) mass is 204 g/mol. The third kappa shape index (κ3) is 1.96. The number of methoxy groups -OCH3 is 1. The van der Waals surface area contributed by atoms with Crippen LogP contribution in [0.25, 0.3) is 0 Å². The minimum atomic E-state index is 0.628. The fourth-order valence-electron chi connectivity index (χ4n) is 1.39. The minimum absolute atomic E-state index is 0.628. The molecule has 0 saturated heterocycles. The lowest BCUT2D eigenvalue weighted by molar-refractivity contribution is 0.407. The molecule has 0 fully saturated rings. The van der Waals surface area contributed by atoms with Crippen molar-refractivity contribution in [1.82, 2.24) is 20.2 Å². The molecule has 0 bridgehead atoms. The maximum atomic E-state index is 5.25. The number of ether oxygens (including phenoxy) is 1. The fourth-order valence-corrected chi connectivity index (χ4v) is 1.39. The Kier molecular flexibility index (Phi) is 2.62. The number of aromatic nitrogens is 4. The number of hydrogen-bond donors (Lipinski definition) is 0. The van der Waals surface area contributed by atoms with Crippen molar-refractivity contribution in [3.05, 3.63) is 35.7 Å². The van der Waals surface area contributed by atoms with Crippen molar-refractivity contribution in [2.24, 2.45) is 0 Å². The molecule has 0 saturated carbocycles. The average Bonchev–Trinajstić information content (AvgIpc) is 2.65. The second kappa shape index (κ2) is 4.08. The second-order valence-electron chi connectivity index (χ2n) is 3.20. The molecule has 0 aliphatic heterocycles. The van der Waals surface area contributed by atoms with Crippen molar-refractivity contribution in [3.8, 4) is 5.75 Å². The van der Waals surface area contributed by atoms with Gasteiger partial charge in [0.1, 0.15) is 11.6 Å². The first-order valence-electron chi connectivity index (χ1n) is 4.66. The van der Waals surface area contributed by atoms with Gasteiger partial charge in [-0.05, 0) is 23.4 Å². The van der Waals surface area contributed by atoms with Crippen molar-refractivity contribution >= 4 is 0 Å². The largest absolute Gasteiger partial charge is 0.496 e. The molecule has 2 aromatic rings. The van der Waals surface area contributed by atoms with Gasteiger partial charge in [-0.15, -0.1) is 5.10 Å². The maximum Gasteiger partial charge on any atom is 0.148 e. The third-order valence-electron chi connectivity index (χ3n) is 2.22. The number of benzene rings is 1. The van der Waals surface area contributed by atoms with Crippen LogP contribution in [0.15, 0.2) is 24.3 Å². The molecule has 1 aromatic heterocycles. The molecule has 2 rings (SSSR count). The summed E-state index contributed by atoms with van der Waals surface area (Å²) in [5.74, 6) is 1.65. The first-order chi connectivity index (χ1) is 7.31. The summed E-state index contributed by atoms with van der Waals surface area (Å²) >= 11 is 0. The van der Waals surface area contributed by atoms with Crippen LogP contribution in [0.2, 0.25) is 0 Å². The number of nitrogens with zero attached hydrogens (tertiary/aromatic N) is 4. The normalized spacial score (nSPS) is 10.3. The predicted molar refractivity (Wildman–Crippen MR) is 54.7 cm³/mol. The van der Waals surface area contributed by atoms with Crippen molar-refractivity contribution in [3.63, 3.8) is 0 Å². The molecule has 1 aromatic carbocycles. The van der Waals surface area contributed by atoms with Crippen molar-refractivity contribution in [1.29, 1.82) is 0 Å². The van der Waals surface area contributed by atoms with E-state index in [4.69, 9.17) is 4.74 Å². The standard InChI is InChI=1S/C10H12N4O/c1-8-11-12-13-14(8)7-9-5-3-4-6-10(9)15-2/h3-6H,7H2,1-2H3. The summed E-state index contributed by atoms with van der Waals surface area (Å²) in [6.07, 6.45) is 0. The molecule has 0 aliphatic carbocycles. The van der Waals surface area contributed by atoms with E-state index in [2.05, 4.69) is 15.5 Å². The molecular weight excluding hydrogens is 192 g/mol. The van der Waals surface area contributed by atoms with E-state index in [1.54, 1.807) is 11.8 Å². The van der Waals surface area contributed by atoms with Gasteiger partial charge in [0.05, 0.1) is 13.7 Å². The van der Waals surface area contributed by atoms with Crippen LogP contribution in [0.1, 0.15) is 11.4 Å². The van der Waals surface area contributed by atoms with Gasteiger partial charge in [0, 0.05) is 5.56 Å². The van der Waals surface area contributed by atoms with E-state index >= 15 is 0 Å². The Labute approximate surface area is 87.7 Å². The number of aryl methyl sites for hydroxylation is 1. The predicted octanol–water partition coefficient (Wildman–Crippen LogP) is 1.04. The molecule has 0 radical (unpaired) electrons. The number of tetrazole rings is 1. The number of hydrogen-bond acceptors (Lipinski definition) is 4. The van der Waals surface area contributed by atoms with E-state index in [1.807, 2.05) is 31.2 Å². The zero-order chi connectivity index (χ0) is 10.7. The SMILES string of the molecule is COc1ccccc1Cn1nnnc1C. The third-order valence-corrected chi connectivity index (χ3v) is 2.22. The molecule has 0 spiro atoms. The first kappa shape index (κ1) is 9.64. The van der Waals surface area contributed by atoms with Gasteiger partial charge in [-0.2, -0.15) is 0 Å². The topological polar surface area (TPSA) is 52.8 Å². The van der Waals surface area contributed by atoms with Gasteiger partial charge in [-0.3, -0.25) is 0 Å². The van der Waals surface area contributed by atoms with Gasteiger partial charge in [-0.1, -0.05) is 18.2 Å². The minimum Gasteiger partial charge on any atom is -0.496 e. The molecule has 1 heterocycles. The summed E-state index contributed by atoms with van der Waals surface area (Å²) in [6.45, 7) is 2.50. The molecule has 5 nitrogen and oxygen atoms in total. The smallest absolute Gasteiger partial charge is 0.148 e. The Morgan fingerprint density at radius 1 is 1.33 bits per heavy atom. The van der Waals surface area contributed by atoms with Crippen LogP contribution in [0.5, 0.6) is 5.75 Å². The highest BCUT2D eigenvalue weighted by Crippen LogP contribution is 2.18. The Bertz CT molecular complexity index is 452. The molecule has 0 aliphatic rings. The van der Waals surface area contributed by atoms with Gasteiger partial charge in [0.15, 0.2) is 0 Å². The van der Waals surface area contributed by atoms with Gasteiger partial charge in [0.25, 0.3) is 0 Å². The highest BCUT2D eigenvalue weighted by atomic mass is 16.5. The van der Waals surface area contributed by atoms with E-state index in [0.717, 1.165) is 17.1 Å². The molecule has 0 N–H and O–H groups in total. The number of para-hydroxylation sites is 1. The zero-order valence-electron chi connectivity index (χ0n) is 8.71. The lowest BCUT2D eigenvalue weighted by Crippen LogP contribution is -2.05. The summed E-state index contributed by atoms with van der Waals surface area (Å²) in [5.41, 5.74) is 1.07. The maximum absolute atomic E-state index is 5.25. The zero-order valence-corrected chi connectivity index (χ0v) is 8.71. The average molecular weight is 204 g/mol. The Morgan fingerprint density at radius 3 is 2.80 bits per heavy atom. The summed E-state index contributed by atoms with van der Waals surface area (Å²) in [4.78, 5) is 0. The molecule has 15 heavy (non-hydrogen) atoms. The summed E-state index contributed by atoms with van der Waals surface area (Å²) in [7, 11) is 1.66. The van der Waals surface area contributed by atoms with Crippen molar-refractivity contribution in [2.45, 2.75) is 13.5 Å². The van der Waals surface area contributed by atoms with Gasteiger partial charge in [-0.25, -0.2) is 4.68 Å². The first-order valence-corrected chi connectivity index (χ1v) is 4.66. The van der Waals surface area contributed by atoms with E-state index in [0.29, 0.717) is 6.54 Å². The molecule has 5 heteroatoms. The van der Waals surface area contributed by atoms with Crippen LogP contribution in [0, 0.1) is 6.92 Å². The fraction of sp³-hybridized carbons (Fsp3) is 0.300. The lowest BCUT2D eigenvalue weighted by Gasteiger charge is -2.07. The van der Waals surface area contributed by atoms with E-state index < -0.39 is 0 Å². The Balaban J connectivity index is 2.28. The van der Waals surface area contributed by atoms with Crippen LogP contribution in [0.4, 0.5) is 0 Å². The molecule has 0 amide bonds. The van der Waals surface area contributed by atoms with Gasteiger partial charge in [0.2, 0.25) is 0 Å². The molecule has 78 valence electrons.